The van der Waals surface area contributed by atoms with Crippen LogP contribution < -0.4 is 5.32 Å². The minimum Gasteiger partial charge on any atom is -0.481 e. The zero-order chi connectivity index (χ0) is 14.8. The fourth-order valence-corrected chi connectivity index (χ4v) is 1.71. The van der Waals surface area contributed by atoms with Crippen molar-refractivity contribution in [1.82, 2.24) is 10.2 Å². The zero-order valence-corrected chi connectivity index (χ0v) is 12.2. The summed E-state index contributed by atoms with van der Waals surface area (Å²) in [5, 5.41) is 11.4. The number of carboxylic acid groups (broad SMARTS) is 1. The molecular weight excluding hydrogens is 244 g/mol. The molecule has 0 fully saturated rings. The summed E-state index contributed by atoms with van der Waals surface area (Å²) in [4.78, 5) is 24.0. The number of aliphatic carboxylic acids is 1. The largest absolute Gasteiger partial charge is 0.481 e. The van der Waals surface area contributed by atoms with E-state index in [9.17, 15) is 9.59 Å². The molecule has 0 rings (SSSR count). The Labute approximate surface area is 115 Å². The fraction of sp³-hybridized carbons (Fsp3) is 0.714. The number of carbonyl (C=O) groups is 2. The number of nitrogens with one attached hydrogen (secondary N) is 1. The van der Waals surface area contributed by atoms with Crippen LogP contribution in [0.3, 0.4) is 0 Å². The van der Waals surface area contributed by atoms with E-state index in [0.717, 1.165) is 6.42 Å². The molecule has 0 saturated heterocycles. The third-order valence-electron chi connectivity index (χ3n) is 2.97. The van der Waals surface area contributed by atoms with Crippen LogP contribution in [0.15, 0.2) is 12.7 Å². The number of hydrogen-bond donors (Lipinski definition) is 2. The molecule has 0 radical (unpaired) electrons. The highest BCUT2D eigenvalue weighted by molar-refractivity contribution is 5.74. The Hall–Kier alpha value is -1.52. The third-order valence-corrected chi connectivity index (χ3v) is 2.97. The number of hydrogen-bond acceptors (Lipinski definition) is 2. The molecule has 2 amide bonds. The van der Waals surface area contributed by atoms with Gasteiger partial charge in [-0.1, -0.05) is 13.0 Å². The molecule has 0 bridgehead atoms. The first-order valence-corrected chi connectivity index (χ1v) is 6.75. The van der Waals surface area contributed by atoms with Gasteiger partial charge in [0.1, 0.15) is 0 Å². The van der Waals surface area contributed by atoms with E-state index >= 15 is 0 Å². The number of rotatable bonds is 9. The molecule has 1 atom stereocenters. The van der Waals surface area contributed by atoms with Crippen molar-refractivity contribution in [3.8, 4) is 0 Å². The first kappa shape index (κ1) is 17.5. The van der Waals surface area contributed by atoms with E-state index in [1.807, 2.05) is 20.8 Å². The van der Waals surface area contributed by atoms with Crippen LogP contribution in [0.5, 0.6) is 0 Å². The van der Waals surface area contributed by atoms with Gasteiger partial charge in [0.15, 0.2) is 0 Å². The molecule has 0 aromatic heterocycles. The molecule has 1 unspecified atom stereocenters. The lowest BCUT2D eigenvalue weighted by Gasteiger charge is -2.25. The molecule has 19 heavy (non-hydrogen) atoms. The Bertz CT molecular complexity index is 303. The van der Waals surface area contributed by atoms with E-state index in [4.69, 9.17) is 5.11 Å². The van der Waals surface area contributed by atoms with Crippen LogP contribution in [-0.4, -0.2) is 41.1 Å². The van der Waals surface area contributed by atoms with Crippen LogP contribution in [0, 0.1) is 5.92 Å². The van der Waals surface area contributed by atoms with Gasteiger partial charge in [0.2, 0.25) is 0 Å². The molecule has 0 aliphatic carbocycles. The van der Waals surface area contributed by atoms with Crippen molar-refractivity contribution in [2.45, 2.75) is 46.1 Å². The summed E-state index contributed by atoms with van der Waals surface area (Å²) in [6.45, 7) is 10.6. The summed E-state index contributed by atoms with van der Waals surface area (Å²) in [6, 6.07) is 0.0303. The number of nitrogens with zero attached hydrogens (tertiary/aromatic N) is 1. The molecule has 0 saturated carbocycles. The molecule has 0 aromatic rings. The summed E-state index contributed by atoms with van der Waals surface area (Å²) in [6.07, 6.45) is 3.32. The molecule has 0 aliphatic heterocycles. The van der Waals surface area contributed by atoms with Gasteiger partial charge in [0, 0.05) is 25.6 Å². The maximum absolute atomic E-state index is 11.9. The Balaban J connectivity index is 3.94. The summed E-state index contributed by atoms with van der Waals surface area (Å²) in [5.41, 5.74) is 0. The van der Waals surface area contributed by atoms with E-state index in [-0.39, 0.29) is 18.5 Å². The van der Waals surface area contributed by atoms with Crippen molar-refractivity contribution in [2.75, 3.05) is 13.1 Å². The molecule has 5 nitrogen and oxygen atoms in total. The molecule has 2 N–H and O–H groups in total. The second-order valence-corrected chi connectivity index (χ2v) is 5.09. The van der Waals surface area contributed by atoms with Gasteiger partial charge in [0.25, 0.3) is 0 Å². The Morgan fingerprint density at radius 3 is 2.42 bits per heavy atom. The highest BCUT2D eigenvalue weighted by Gasteiger charge is 2.15. The van der Waals surface area contributed by atoms with Gasteiger partial charge in [-0.05, 0) is 32.6 Å². The van der Waals surface area contributed by atoms with Crippen LogP contribution in [0.2, 0.25) is 0 Å². The molecule has 0 aliphatic rings. The minimum absolute atomic E-state index is 0.0969. The quantitative estimate of drug-likeness (QED) is 0.632. The summed E-state index contributed by atoms with van der Waals surface area (Å²) in [7, 11) is 0. The van der Waals surface area contributed by atoms with E-state index in [1.165, 1.54) is 0 Å². The summed E-state index contributed by atoms with van der Waals surface area (Å²) in [5.74, 6) is -0.476. The number of amides is 2. The van der Waals surface area contributed by atoms with Crippen molar-refractivity contribution in [3.05, 3.63) is 12.7 Å². The molecule has 0 spiro atoms. The SMILES string of the molecule is C=CCN(C(=O)NCCC(C)CCC(=O)O)C(C)C. The molecule has 0 heterocycles. The normalized spacial score (nSPS) is 12.0. The molecule has 5 heteroatoms. The van der Waals surface area contributed by atoms with Gasteiger partial charge in [-0.2, -0.15) is 0 Å². The van der Waals surface area contributed by atoms with Crippen LogP contribution in [-0.2, 0) is 4.79 Å². The van der Waals surface area contributed by atoms with Crippen LogP contribution >= 0.6 is 0 Å². The summed E-state index contributed by atoms with van der Waals surface area (Å²) < 4.78 is 0. The van der Waals surface area contributed by atoms with E-state index in [2.05, 4.69) is 11.9 Å². The molecular formula is C14H26N2O3. The first-order chi connectivity index (χ1) is 8.88. The van der Waals surface area contributed by atoms with E-state index in [1.54, 1.807) is 11.0 Å². The highest BCUT2D eigenvalue weighted by atomic mass is 16.4. The predicted molar refractivity (Wildman–Crippen MR) is 76.1 cm³/mol. The lowest BCUT2D eigenvalue weighted by atomic mass is 10.0. The smallest absolute Gasteiger partial charge is 0.317 e. The van der Waals surface area contributed by atoms with Crippen molar-refractivity contribution in [1.29, 1.82) is 0 Å². The summed E-state index contributed by atoms with van der Waals surface area (Å²) >= 11 is 0. The van der Waals surface area contributed by atoms with Crippen LogP contribution in [0.1, 0.15) is 40.0 Å². The van der Waals surface area contributed by atoms with Crippen molar-refractivity contribution in [3.63, 3.8) is 0 Å². The molecule has 0 aromatic carbocycles. The zero-order valence-electron chi connectivity index (χ0n) is 12.2. The van der Waals surface area contributed by atoms with Gasteiger partial charge in [-0.25, -0.2) is 4.79 Å². The molecule has 110 valence electrons. The standard InChI is InChI=1S/C14H26N2O3/c1-5-10-16(11(2)3)14(19)15-9-8-12(4)6-7-13(17)18/h5,11-12H,1,6-10H2,2-4H3,(H,15,19)(H,17,18). The van der Waals surface area contributed by atoms with E-state index in [0.29, 0.717) is 25.4 Å². The van der Waals surface area contributed by atoms with Crippen LogP contribution in [0.25, 0.3) is 0 Å². The second-order valence-electron chi connectivity index (χ2n) is 5.09. The van der Waals surface area contributed by atoms with Gasteiger partial charge < -0.3 is 15.3 Å². The number of carboxylic acids is 1. The van der Waals surface area contributed by atoms with Gasteiger partial charge in [-0.15, -0.1) is 6.58 Å². The average molecular weight is 270 g/mol. The Morgan fingerprint density at radius 1 is 1.32 bits per heavy atom. The maximum atomic E-state index is 11.9. The lowest BCUT2D eigenvalue weighted by Crippen LogP contribution is -2.44. The van der Waals surface area contributed by atoms with Crippen molar-refractivity contribution >= 4 is 12.0 Å². The average Bonchev–Trinajstić information content (AvgIpc) is 2.32. The fourth-order valence-electron chi connectivity index (χ4n) is 1.71. The Kier molecular flexibility index (Phi) is 8.66. The predicted octanol–water partition coefficient (Wildman–Crippen LogP) is 2.48. The lowest BCUT2D eigenvalue weighted by molar-refractivity contribution is -0.137. The number of urea groups is 1. The maximum Gasteiger partial charge on any atom is 0.317 e. The minimum atomic E-state index is -0.771. The third kappa shape index (κ3) is 8.24. The highest BCUT2D eigenvalue weighted by Crippen LogP contribution is 2.09. The topological polar surface area (TPSA) is 69.6 Å². The van der Waals surface area contributed by atoms with Crippen molar-refractivity contribution < 1.29 is 14.7 Å². The van der Waals surface area contributed by atoms with Gasteiger partial charge in [-0.3, -0.25) is 4.79 Å². The number of carbonyl (C=O) groups excluding carboxylic acids is 1. The van der Waals surface area contributed by atoms with Crippen molar-refractivity contribution in [2.24, 2.45) is 5.92 Å². The monoisotopic (exact) mass is 270 g/mol. The first-order valence-electron chi connectivity index (χ1n) is 6.75. The van der Waals surface area contributed by atoms with Gasteiger partial charge >= 0.3 is 12.0 Å². The van der Waals surface area contributed by atoms with Gasteiger partial charge in [0.05, 0.1) is 0 Å². The van der Waals surface area contributed by atoms with E-state index < -0.39 is 5.97 Å². The second kappa shape index (κ2) is 9.42. The van der Waals surface area contributed by atoms with Crippen LogP contribution in [0.4, 0.5) is 4.79 Å². The Morgan fingerprint density at radius 2 is 1.95 bits per heavy atom.